The summed E-state index contributed by atoms with van der Waals surface area (Å²) in [6, 6.07) is 12.2. The first kappa shape index (κ1) is 14.1. The van der Waals surface area contributed by atoms with E-state index in [1.807, 2.05) is 12.1 Å². The molecule has 0 atom stereocenters. The van der Waals surface area contributed by atoms with Crippen molar-refractivity contribution in [2.24, 2.45) is 0 Å². The summed E-state index contributed by atoms with van der Waals surface area (Å²) in [4.78, 5) is 0.299. The number of anilines is 1. The Morgan fingerprint density at radius 2 is 1.84 bits per heavy atom. The average molecular weight is 340 g/mol. The summed E-state index contributed by atoms with van der Waals surface area (Å²) in [5, 5.41) is 0. The van der Waals surface area contributed by atoms with Gasteiger partial charge in [-0.1, -0.05) is 34.1 Å². The number of nitrogen functional groups attached to an aromatic ring is 1. The Bertz CT molecular complexity index is 711. The first-order valence-corrected chi connectivity index (χ1v) is 8.17. The molecular weight excluding hydrogens is 326 g/mol. The molecule has 5 heteroatoms. The van der Waals surface area contributed by atoms with Crippen LogP contribution in [0.4, 0.5) is 5.69 Å². The normalized spacial score (nSPS) is 11.5. The Morgan fingerprint density at radius 3 is 2.53 bits per heavy atom. The number of rotatable bonds is 3. The molecule has 0 aliphatic rings. The van der Waals surface area contributed by atoms with Gasteiger partial charge in [-0.05, 0) is 42.3 Å². The van der Waals surface area contributed by atoms with Gasteiger partial charge in [0.05, 0.1) is 10.6 Å². The summed E-state index contributed by atoms with van der Waals surface area (Å²) < 4.78 is 25.7. The van der Waals surface area contributed by atoms with E-state index in [9.17, 15) is 8.42 Å². The number of nitrogens with two attached hydrogens (primary N) is 1. The monoisotopic (exact) mass is 339 g/mol. The molecule has 100 valence electrons. The Kier molecular flexibility index (Phi) is 3.96. The van der Waals surface area contributed by atoms with Gasteiger partial charge in [-0.3, -0.25) is 0 Å². The van der Waals surface area contributed by atoms with Gasteiger partial charge in [0.15, 0.2) is 9.84 Å². The highest BCUT2D eigenvalue weighted by Crippen LogP contribution is 2.24. The molecule has 19 heavy (non-hydrogen) atoms. The minimum atomic E-state index is -3.38. The number of hydrogen-bond donors (Lipinski definition) is 1. The molecule has 0 aliphatic heterocycles. The van der Waals surface area contributed by atoms with Gasteiger partial charge in [0.25, 0.3) is 0 Å². The van der Waals surface area contributed by atoms with Crippen LogP contribution < -0.4 is 5.73 Å². The van der Waals surface area contributed by atoms with E-state index >= 15 is 0 Å². The molecule has 2 rings (SSSR count). The molecule has 3 nitrogen and oxygen atoms in total. The summed E-state index contributed by atoms with van der Waals surface area (Å²) in [5.74, 6) is -0.0310. The molecule has 2 N–H and O–H groups in total. The highest BCUT2D eigenvalue weighted by molar-refractivity contribution is 9.10. The van der Waals surface area contributed by atoms with E-state index in [2.05, 4.69) is 15.9 Å². The summed E-state index contributed by atoms with van der Waals surface area (Å²) in [6.45, 7) is 1.73. The lowest BCUT2D eigenvalue weighted by Crippen LogP contribution is -2.08. The Morgan fingerprint density at radius 1 is 1.16 bits per heavy atom. The largest absolute Gasteiger partial charge is 0.398 e. The number of hydrogen-bond acceptors (Lipinski definition) is 3. The third-order valence-electron chi connectivity index (χ3n) is 2.91. The van der Waals surface area contributed by atoms with E-state index in [-0.39, 0.29) is 5.75 Å². The zero-order valence-electron chi connectivity index (χ0n) is 10.4. The van der Waals surface area contributed by atoms with Crippen LogP contribution in [0.2, 0.25) is 0 Å². The maximum atomic E-state index is 12.4. The van der Waals surface area contributed by atoms with E-state index in [1.54, 1.807) is 37.3 Å². The van der Waals surface area contributed by atoms with Crippen LogP contribution in [0.15, 0.2) is 51.8 Å². The van der Waals surface area contributed by atoms with E-state index < -0.39 is 9.84 Å². The number of benzene rings is 2. The summed E-state index contributed by atoms with van der Waals surface area (Å²) in [5.41, 5.74) is 7.61. The van der Waals surface area contributed by atoms with Crippen LogP contribution in [0, 0.1) is 6.92 Å². The van der Waals surface area contributed by atoms with E-state index in [0.717, 1.165) is 10.0 Å². The van der Waals surface area contributed by atoms with Crippen LogP contribution in [0.3, 0.4) is 0 Å². The van der Waals surface area contributed by atoms with E-state index in [1.165, 1.54) is 0 Å². The third kappa shape index (κ3) is 3.16. The van der Waals surface area contributed by atoms with Crippen LogP contribution in [-0.4, -0.2) is 8.42 Å². The molecule has 0 aliphatic carbocycles. The Balaban J connectivity index is 2.41. The summed E-state index contributed by atoms with van der Waals surface area (Å²) >= 11 is 3.34. The quantitative estimate of drug-likeness (QED) is 0.872. The minimum Gasteiger partial charge on any atom is -0.398 e. The smallest absolute Gasteiger partial charge is 0.182 e. The fourth-order valence-electron chi connectivity index (χ4n) is 1.89. The molecule has 0 fully saturated rings. The molecule has 0 aromatic heterocycles. The van der Waals surface area contributed by atoms with Crippen molar-refractivity contribution in [2.45, 2.75) is 17.6 Å². The first-order valence-electron chi connectivity index (χ1n) is 5.72. The predicted molar refractivity (Wildman–Crippen MR) is 80.6 cm³/mol. The Hall–Kier alpha value is -1.33. The van der Waals surface area contributed by atoms with E-state index in [4.69, 9.17) is 5.73 Å². The van der Waals surface area contributed by atoms with Crippen molar-refractivity contribution in [1.29, 1.82) is 0 Å². The highest BCUT2D eigenvalue weighted by atomic mass is 79.9. The van der Waals surface area contributed by atoms with Gasteiger partial charge < -0.3 is 5.73 Å². The minimum absolute atomic E-state index is 0.0310. The second-order valence-corrected chi connectivity index (χ2v) is 7.23. The zero-order chi connectivity index (χ0) is 14.0. The van der Waals surface area contributed by atoms with Crippen LogP contribution >= 0.6 is 15.9 Å². The summed E-state index contributed by atoms with van der Waals surface area (Å²) in [7, 11) is -3.38. The van der Waals surface area contributed by atoms with Gasteiger partial charge in [0.2, 0.25) is 0 Å². The average Bonchev–Trinajstić information content (AvgIpc) is 2.32. The van der Waals surface area contributed by atoms with Crippen molar-refractivity contribution in [3.8, 4) is 0 Å². The molecule has 0 saturated heterocycles. The van der Waals surface area contributed by atoms with Gasteiger partial charge in [-0.25, -0.2) is 8.42 Å². The molecule has 0 bridgehead atoms. The molecule has 0 amide bonds. The van der Waals surface area contributed by atoms with Crippen LogP contribution in [0.25, 0.3) is 0 Å². The number of halogens is 1. The highest BCUT2D eigenvalue weighted by Gasteiger charge is 2.18. The summed E-state index contributed by atoms with van der Waals surface area (Å²) in [6.07, 6.45) is 0. The van der Waals surface area contributed by atoms with Crippen LogP contribution in [0.1, 0.15) is 11.1 Å². The van der Waals surface area contributed by atoms with Gasteiger partial charge in [0, 0.05) is 10.2 Å². The fourth-order valence-corrected chi connectivity index (χ4v) is 3.98. The van der Waals surface area contributed by atoms with Crippen molar-refractivity contribution < 1.29 is 8.42 Å². The van der Waals surface area contributed by atoms with Crippen LogP contribution in [-0.2, 0) is 15.6 Å². The molecule has 0 spiro atoms. The molecule has 2 aromatic carbocycles. The topological polar surface area (TPSA) is 60.2 Å². The second-order valence-electron chi connectivity index (χ2n) is 4.36. The predicted octanol–water partition coefficient (Wildman–Crippen LogP) is 3.31. The van der Waals surface area contributed by atoms with Gasteiger partial charge in [-0.2, -0.15) is 0 Å². The number of sulfone groups is 1. The molecular formula is C14H14BrNO2S. The lowest BCUT2D eigenvalue weighted by Gasteiger charge is -2.09. The maximum absolute atomic E-state index is 12.4. The van der Waals surface area contributed by atoms with Crippen molar-refractivity contribution in [1.82, 2.24) is 0 Å². The van der Waals surface area contributed by atoms with Gasteiger partial charge in [0.1, 0.15) is 0 Å². The molecule has 0 heterocycles. The zero-order valence-corrected chi connectivity index (χ0v) is 12.8. The Labute approximate surface area is 121 Å². The second kappa shape index (κ2) is 5.35. The molecule has 0 radical (unpaired) electrons. The lowest BCUT2D eigenvalue weighted by atomic mass is 10.2. The first-order chi connectivity index (χ1) is 8.90. The standard InChI is InChI=1S/C14H14BrNO2S/c1-10-13(16)6-3-7-14(10)19(17,18)9-11-4-2-5-12(15)8-11/h2-8H,9,16H2,1H3. The van der Waals surface area contributed by atoms with Crippen LogP contribution in [0.5, 0.6) is 0 Å². The van der Waals surface area contributed by atoms with Crippen molar-refractivity contribution >= 4 is 31.5 Å². The van der Waals surface area contributed by atoms with E-state index in [0.29, 0.717) is 16.1 Å². The SMILES string of the molecule is Cc1c(N)cccc1S(=O)(=O)Cc1cccc(Br)c1. The fraction of sp³-hybridized carbons (Fsp3) is 0.143. The van der Waals surface area contributed by atoms with Crippen molar-refractivity contribution in [2.75, 3.05) is 5.73 Å². The maximum Gasteiger partial charge on any atom is 0.182 e. The molecule has 0 saturated carbocycles. The molecule has 2 aromatic rings. The molecule has 0 unspecified atom stereocenters. The van der Waals surface area contributed by atoms with Gasteiger partial charge in [-0.15, -0.1) is 0 Å². The van der Waals surface area contributed by atoms with Crippen molar-refractivity contribution in [3.63, 3.8) is 0 Å². The third-order valence-corrected chi connectivity index (χ3v) is 5.23. The lowest BCUT2D eigenvalue weighted by molar-refractivity contribution is 0.594. The van der Waals surface area contributed by atoms with Gasteiger partial charge >= 0.3 is 0 Å². The van der Waals surface area contributed by atoms with Crippen molar-refractivity contribution in [3.05, 3.63) is 58.1 Å².